The molecule has 0 amide bonds. The van der Waals surface area contributed by atoms with Gasteiger partial charge in [-0.2, -0.15) is 10.4 Å². The number of nitrogens with one attached hydrogen (secondary N) is 2. The Kier molecular flexibility index (Phi) is 7.37. The third-order valence-corrected chi connectivity index (χ3v) is 3.78. The summed E-state index contributed by atoms with van der Waals surface area (Å²) in [6, 6.07) is 11.4. The number of nitrogens with zero attached hydrogens (tertiary/aromatic N) is 4. The number of benzene rings is 1. The number of aryl methyl sites for hydroxylation is 2. The van der Waals surface area contributed by atoms with E-state index in [-0.39, 0.29) is 5.56 Å². The highest BCUT2D eigenvalue weighted by Gasteiger charge is 2.03. The Labute approximate surface area is 153 Å². The molecule has 0 fully saturated rings. The third kappa shape index (κ3) is 5.74. The maximum absolute atomic E-state index is 12.0. The summed E-state index contributed by atoms with van der Waals surface area (Å²) in [6.07, 6.45) is 3.43. The van der Waals surface area contributed by atoms with E-state index >= 15 is 0 Å². The molecule has 1 aromatic carbocycles. The molecule has 1 aromatic heterocycles. The first-order valence-corrected chi connectivity index (χ1v) is 8.72. The van der Waals surface area contributed by atoms with Crippen LogP contribution >= 0.6 is 0 Å². The topological polar surface area (TPSA) is 95.1 Å². The van der Waals surface area contributed by atoms with Gasteiger partial charge in [-0.3, -0.25) is 15.1 Å². The van der Waals surface area contributed by atoms with Crippen molar-refractivity contribution in [3.05, 3.63) is 52.3 Å². The fourth-order valence-corrected chi connectivity index (χ4v) is 2.41. The summed E-state index contributed by atoms with van der Waals surface area (Å²) in [4.78, 5) is 16.3. The van der Waals surface area contributed by atoms with Crippen LogP contribution in [0.15, 0.2) is 46.2 Å². The molecule has 0 saturated carbocycles. The van der Waals surface area contributed by atoms with E-state index in [1.165, 1.54) is 10.2 Å². The average Bonchev–Trinajstić information content (AvgIpc) is 2.64. The van der Waals surface area contributed by atoms with Gasteiger partial charge in [-0.05, 0) is 32.8 Å². The zero-order chi connectivity index (χ0) is 18.8. The van der Waals surface area contributed by atoms with Crippen molar-refractivity contribution in [2.24, 2.45) is 4.99 Å². The van der Waals surface area contributed by atoms with E-state index in [0.29, 0.717) is 25.6 Å². The molecule has 7 nitrogen and oxygen atoms in total. The van der Waals surface area contributed by atoms with Gasteiger partial charge >= 0.3 is 0 Å². The van der Waals surface area contributed by atoms with Crippen LogP contribution in [0, 0.1) is 18.4 Å². The van der Waals surface area contributed by atoms with Gasteiger partial charge in [0.25, 0.3) is 5.56 Å². The summed E-state index contributed by atoms with van der Waals surface area (Å²) >= 11 is 0. The first-order chi connectivity index (χ1) is 12.6. The molecule has 136 valence electrons. The van der Waals surface area contributed by atoms with Gasteiger partial charge in [0.15, 0.2) is 6.19 Å². The number of unbranched alkanes of at least 4 members (excludes halogenated alkanes) is 1. The van der Waals surface area contributed by atoms with Gasteiger partial charge in [-0.25, -0.2) is 4.68 Å². The largest absolute Gasteiger partial charge is 0.356 e. The van der Waals surface area contributed by atoms with Crippen LogP contribution in [0.25, 0.3) is 11.3 Å². The molecule has 0 radical (unpaired) electrons. The van der Waals surface area contributed by atoms with Gasteiger partial charge in [-0.1, -0.05) is 29.8 Å². The van der Waals surface area contributed by atoms with Gasteiger partial charge in [0.2, 0.25) is 5.96 Å². The van der Waals surface area contributed by atoms with Gasteiger partial charge in [0.05, 0.1) is 5.69 Å². The number of aromatic nitrogens is 2. The number of rotatable bonds is 7. The van der Waals surface area contributed by atoms with Gasteiger partial charge in [0, 0.05) is 31.3 Å². The summed E-state index contributed by atoms with van der Waals surface area (Å²) in [6.45, 7) is 5.78. The first kappa shape index (κ1) is 19.2. The molecule has 0 bridgehead atoms. The lowest BCUT2D eigenvalue weighted by Gasteiger charge is -2.08. The van der Waals surface area contributed by atoms with Crippen molar-refractivity contribution in [1.29, 1.82) is 5.26 Å². The quantitative estimate of drug-likeness (QED) is 0.261. The van der Waals surface area contributed by atoms with E-state index in [4.69, 9.17) is 5.26 Å². The van der Waals surface area contributed by atoms with Crippen molar-refractivity contribution < 1.29 is 0 Å². The molecule has 2 rings (SSSR count). The zero-order valence-electron chi connectivity index (χ0n) is 15.2. The summed E-state index contributed by atoms with van der Waals surface area (Å²) in [5.41, 5.74) is 2.86. The van der Waals surface area contributed by atoms with Crippen LogP contribution in [0.4, 0.5) is 0 Å². The summed E-state index contributed by atoms with van der Waals surface area (Å²) in [5, 5.41) is 18.6. The molecule has 0 unspecified atom stereocenters. The summed E-state index contributed by atoms with van der Waals surface area (Å²) in [5.74, 6) is 0.478. The number of guanidine groups is 1. The van der Waals surface area contributed by atoms with Crippen molar-refractivity contribution in [3.8, 4) is 17.5 Å². The molecule has 2 aromatic rings. The number of nitriles is 1. The van der Waals surface area contributed by atoms with Crippen molar-refractivity contribution in [3.63, 3.8) is 0 Å². The summed E-state index contributed by atoms with van der Waals surface area (Å²) < 4.78 is 1.50. The number of aliphatic imine (C=N–C) groups is 1. The van der Waals surface area contributed by atoms with Crippen LogP contribution in [0.1, 0.15) is 25.3 Å². The van der Waals surface area contributed by atoms with E-state index in [9.17, 15) is 4.79 Å². The molecule has 0 saturated heterocycles. The standard InChI is InChI=1S/C19H24N6O/c1-3-21-19(23-14-20)22-12-4-5-13-25-18(26)11-10-17(24-25)16-8-6-15(2)7-9-16/h6-11H,3-5,12-13H2,1-2H3,(H2,21,22,23). The van der Waals surface area contributed by atoms with Crippen LogP contribution in [-0.2, 0) is 6.54 Å². The predicted octanol–water partition coefficient (Wildman–Crippen LogP) is 2.04. The molecular weight excluding hydrogens is 328 g/mol. The lowest BCUT2D eigenvalue weighted by atomic mass is 10.1. The Morgan fingerprint density at radius 2 is 2.00 bits per heavy atom. The number of hydrogen-bond donors (Lipinski definition) is 2. The van der Waals surface area contributed by atoms with Crippen LogP contribution in [0.3, 0.4) is 0 Å². The monoisotopic (exact) mass is 352 g/mol. The van der Waals surface area contributed by atoms with E-state index in [0.717, 1.165) is 24.1 Å². The maximum Gasteiger partial charge on any atom is 0.266 e. The fraction of sp³-hybridized carbons (Fsp3) is 0.368. The van der Waals surface area contributed by atoms with Crippen LogP contribution < -0.4 is 16.2 Å². The van der Waals surface area contributed by atoms with Gasteiger partial charge in [-0.15, -0.1) is 0 Å². The Hall–Kier alpha value is -3.14. The highest BCUT2D eigenvalue weighted by molar-refractivity contribution is 5.81. The Morgan fingerprint density at radius 1 is 1.23 bits per heavy atom. The normalized spacial score (nSPS) is 11.0. The zero-order valence-corrected chi connectivity index (χ0v) is 15.2. The van der Waals surface area contributed by atoms with Crippen LogP contribution in [0.5, 0.6) is 0 Å². The Balaban J connectivity index is 1.94. The first-order valence-electron chi connectivity index (χ1n) is 8.72. The molecular formula is C19H24N6O. The number of hydrogen-bond acceptors (Lipinski definition) is 4. The maximum atomic E-state index is 12.0. The molecule has 0 spiro atoms. The third-order valence-electron chi connectivity index (χ3n) is 3.78. The van der Waals surface area contributed by atoms with E-state index < -0.39 is 0 Å². The fourth-order valence-electron chi connectivity index (χ4n) is 2.41. The molecule has 1 heterocycles. The molecule has 0 atom stereocenters. The van der Waals surface area contributed by atoms with Crippen LogP contribution in [-0.4, -0.2) is 28.8 Å². The minimum Gasteiger partial charge on any atom is -0.356 e. The van der Waals surface area contributed by atoms with Crippen molar-refractivity contribution in [2.75, 3.05) is 13.1 Å². The van der Waals surface area contributed by atoms with Crippen LogP contribution in [0.2, 0.25) is 0 Å². The van der Waals surface area contributed by atoms with E-state index in [1.807, 2.05) is 44.3 Å². The molecule has 2 N–H and O–H groups in total. The Bertz CT molecular complexity index is 832. The minimum atomic E-state index is -0.108. The molecule has 0 aliphatic heterocycles. The highest BCUT2D eigenvalue weighted by Crippen LogP contribution is 2.15. The van der Waals surface area contributed by atoms with E-state index in [1.54, 1.807) is 12.1 Å². The second kappa shape index (κ2) is 9.99. The van der Waals surface area contributed by atoms with Gasteiger partial charge in [0.1, 0.15) is 0 Å². The summed E-state index contributed by atoms with van der Waals surface area (Å²) in [7, 11) is 0. The van der Waals surface area contributed by atoms with Crippen molar-refractivity contribution in [2.45, 2.75) is 33.2 Å². The smallest absolute Gasteiger partial charge is 0.266 e. The van der Waals surface area contributed by atoms with Gasteiger partial charge < -0.3 is 5.32 Å². The predicted molar refractivity (Wildman–Crippen MR) is 103 cm³/mol. The second-order valence-corrected chi connectivity index (χ2v) is 5.85. The average molecular weight is 352 g/mol. The molecule has 0 aliphatic rings. The Morgan fingerprint density at radius 3 is 2.69 bits per heavy atom. The SMILES string of the molecule is CCNC(=NCCCCn1nc(-c2ccc(C)cc2)ccc1=O)NC#N. The van der Waals surface area contributed by atoms with Crippen molar-refractivity contribution in [1.82, 2.24) is 20.4 Å². The van der Waals surface area contributed by atoms with E-state index in [2.05, 4.69) is 20.7 Å². The lowest BCUT2D eigenvalue weighted by molar-refractivity contribution is 0.537. The molecule has 26 heavy (non-hydrogen) atoms. The van der Waals surface area contributed by atoms with Crippen molar-refractivity contribution >= 4 is 5.96 Å². The molecule has 0 aliphatic carbocycles. The second-order valence-electron chi connectivity index (χ2n) is 5.85. The molecule has 7 heteroatoms. The highest BCUT2D eigenvalue weighted by atomic mass is 16.1. The minimum absolute atomic E-state index is 0.108. The lowest BCUT2D eigenvalue weighted by Crippen LogP contribution is -2.34.